The van der Waals surface area contributed by atoms with E-state index in [1.165, 1.54) is 29.5 Å². The zero-order chi connectivity index (χ0) is 25.4. The van der Waals surface area contributed by atoms with E-state index in [-0.39, 0.29) is 29.7 Å². The van der Waals surface area contributed by atoms with Crippen molar-refractivity contribution in [2.45, 2.75) is 38.3 Å². The largest absolute Gasteiger partial charge is 0.480 e. The van der Waals surface area contributed by atoms with Crippen LogP contribution in [0.5, 0.6) is 0 Å². The van der Waals surface area contributed by atoms with Gasteiger partial charge in [0.1, 0.15) is 17.9 Å². The second-order valence-electron chi connectivity index (χ2n) is 9.29. The smallest absolute Gasteiger partial charge is 0.338 e. The molecular weight excluding hydrogens is 483 g/mol. The molecule has 186 valence electrons. The third kappa shape index (κ3) is 4.52. The van der Waals surface area contributed by atoms with Crippen LogP contribution >= 0.6 is 11.3 Å². The van der Waals surface area contributed by atoms with Crippen LogP contribution in [0.25, 0.3) is 0 Å². The highest BCUT2D eigenvalue weighted by Gasteiger charge is 2.54. The number of nitrogens with zero attached hydrogens (tertiary/aromatic N) is 3. The van der Waals surface area contributed by atoms with E-state index >= 15 is 0 Å². The summed E-state index contributed by atoms with van der Waals surface area (Å²) in [5.41, 5.74) is 1.48. The number of thiazole rings is 1. The van der Waals surface area contributed by atoms with E-state index in [0.717, 1.165) is 12.8 Å². The number of hydrogen-bond donors (Lipinski definition) is 2. The number of esters is 1. The first-order chi connectivity index (χ1) is 17.3. The van der Waals surface area contributed by atoms with Crippen LogP contribution in [0.15, 0.2) is 46.0 Å². The van der Waals surface area contributed by atoms with Crippen LogP contribution in [0.4, 0.5) is 4.39 Å². The number of aliphatic imine (C=N–C) groups is 1. The van der Waals surface area contributed by atoms with Crippen molar-refractivity contribution in [2.75, 3.05) is 19.7 Å². The highest BCUT2D eigenvalue weighted by Crippen LogP contribution is 2.55. The average molecular weight is 509 g/mol. The molecule has 1 aromatic heterocycles. The van der Waals surface area contributed by atoms with E-state index in [1.54, 1.807) is 18.5 Å². The van der Waals surface area contributed by atoms with Crippen LogP contribution < -0.4 is 5.32 Å². The van der Waals surface area contributed by atoms with Crippen LogP contribution in [-0.2, 0) is 14.3 Å². The number of carboxylic acids is 1. The number of likely N-dealkylation sites (tertiary alicyclic amines) is 1. The van der Waals surface area contributed by atoms with Crippen molar-refractivity contribution in [1.82, 2.24) is 15.2 Å². The zero-order valence-electron chi connectivity index (χ0n) is 19.7. The van der Waals surface area contributed by atoms with Crippen LogP contribution in [0, 0.1) is 23.6 Å². The molecule has 0 bridgehead atoms. The van der Waals surface area contributed by atoms with Crippen LogP contribution in [0.3, 0.4) is 0 Å². The Bertz CT molecular complexity index is 1310. The lowest BCUT2D eigenvalue weighted by atomic mass is 9.92. The molecule has 1 aliphatic carbocycles. The lowest BCUT2D eigenvalue weighted by Crippen LogP contribution is -2.43. The molecule has 1 aromatic carbocycles. The summed E-state index contributed by atoms with van der Waals surface area (Å²) in [5, 5.41) is 15.5. The highest BCUT2D eigenvalue weighted by molar-refractivity contribution is 7.11. The maximum absolute atomic E-state index is 14.0. The summed E-state index contributed by atoms with van der Waals surface area (Å²) in [5.74, 6) is 0.955. The molecule has 2 atom stereocenters. The fourth-order valence-electron chi connectivity index (χ4n) is 5.03. The Kier molecular flexibility index (Phi) is 6.36. The number of aromatic nitrogens is 1. The molecule has 36 heavy (non-hydrogen) atoms. The fraction of sp³-hybridized carbons (Fsp3) is 0.385. The molecule has 1 unspecified atom stereocenters. The lowest BCUT2D eigenvalue weighted by Gasteiger charge is -2.31. The summed E-state index contributed by atoms with van der Waals surface area (Å²) in [7, 11) is 0. The minimum atomic E-state index is -0.883. The predicted molar refractivity (Wildman–Crippen MR) is 132 cm³/mol. The van der Waals surface area contributed by atoms with Crippen molar-refractivity contribution >= 4 is 29.1 Å². The molecule has 3 aliphatic rings. The first kappa shape index (κ1) is 24.2. The van der Waals surface area contributed by atoms with E-state index < -0.39 is 29.8 Å². The maximum atomic E-state index is 14.0. The van der Waals surface area contributed by atoms with Gasteiger partial charge in [-0.3, -0.25) is 14.7 Å². The summed E-state index contributed by atoms with van der Waals surface area (Å²) < 4.78 is 19.4. The summed E-state index contributed by atoms with van der Waals surface area (Å²) in [6, 6.07) is 2.49. The number of halogens is 1. The van der Waals surface area contributed by atoms with Crippen molar-refractivity contribution < 1.29 is 23.8 Å². The number of rotatable bonds is 7. The molecule has 3 heterocycles. The van der Waals surface area contributed by atoms with Gasteiger partial charge in [0, 0.05) is 35.9 Å². The van der Waals surface area contributed by atoms with Gasteiger partial charge in [-0.15, -0.1) is 17.8 Å². The van der Waals surface area contributed by atoms with Gasteiger partial charge in [-0.25, -0.2) is 14.2 Å². The van der Waals surface area contributed by atoms with E-state index in [0.29, 0.717) is 35.1 Å². The van der Waals surface area contributed by atoms with Crippen molar-refractivity contribution in [3.8, 4) is 12.3 Å². The van der Waals surface area contributed by atoms with Crippen molar-refractivity contribution in [3.63, 3.8) is 0 Å². The first-order valence-electron chi connectivity index (χ1n) is 11.7. The summed E-state index contributed by atoms with van der Waals surface area (Å²) >= 11 is 1.37. The molecular formula is C26H25FN4O4S. The topological polar surface area (TPSA) is 104 Å². The minimum absolute atomic E-state index is 0.0294. The van der Waals surface area contributed by atoms with Crippen LogP contribution in [-0.4, -0.2) is 58.5 Å². The van der Waals surface area contributed by atoms with Gasteiger partial charge >= 0.3 is 11.9 Å². The van der Waals surface area contributed by atoms with E-state index in [4.69, 9.17) is 16.2 Å². The molecule has 5 rings (SSSR count). The monoisotopic (exact) mass is 508 g/mol. The molecule has 1 saturated carbocycles. The van der Waals surface area contributed by atoms with E-state index in [2.05, 4.69) is 16.2 Å². The maximum Gasteiger partial charge on any atom is 0.338 e. The van der Waals surface area contributed by atoms with E-state index in [1.807, 2.05) is 4.90 Å². The number of ether oxygens (including phenoxy) is 1. The van der Waals surface area contributed by atoms with Gasteiger partial charge in [0.25, 0.3) is 0 Å². The Hall–Kier alpha value is -3.55. The molecule has 1 spiro atoms. The van der Waals surface area contributed by atoms with Crippen molar-refractivity contribution in [3.05, 3.63) is 63.0 Å². The number of carbonyl (C=O) groups excluding carboxylic acids is 1. The van der Waals surface area contributed by atoms with Crippen molar-refractivity contribution in [1.29, 1.82) is 0 Å². The molecule has 10 heteroatoms. The number of carbonyl (C=O) groups is 2. The van der Waals surface area contributed by atoms with E-state index in [9.17, 15) is 19.1 Å². The normalized spacial score (nSPS) is 22.6. The van der Waals surface area contributed by atoms with Crippen molar-refractivity contribution in [2.24, 2.45) is 10.4 Å². The number of amidine groups is 1. The molecule has 2 fully saturated rings. The number of carboxylic acid groups (broad SMARTS) is 1. The van der Waals surface area contributed by atoms with Gasteiger partial charge in [0.2, 0.25) is 0 Å². The number of nitrogens with one attached hydrogen (secondary N) is 1. The van der Waals surface area contributed by atoms with Gasteiger partial charge < -0.3 is 15.2 Å². The summed E-state index contributed by atoms with van der Waals surface area (Å²) in [6.07, 6.45) is 9.92. The Labute approximate surface area is 211 Å². The third-order valence-electron chi connectivity index (χ3n) is 6.93. The molecule has 8 nitrogen and oxygen atoms in total. The molecule has 2 aliphatic heterocycles. The molecule has 2 N–H and O–H groups in total. The molecule has 1 saturated heterocycles. The number of benzene rings is 1. The zero-order valence-corrected chi connectivity index (χ0v) is 20.5. The number of terminal acetylenes is 1. The average Bonchev–Trinajstić information content (AvgIpc) is 3.23. The first-order valence-corrected chi connectivity index (χ1v) is 12.6. The lowest BCUT2D eigenvalue weighted by molar-refractivity contribution is -0.142. The quantitative estimate of drug-likeness (QED) is 0.438. The summed E-state index contributed by atoms with van der Waals surface area (Å²) in [6.45, 7) is 2.66. The minimum Gasteiger partial charge on any atom is -0.480 e. The Morgan fingerprint density at radius 2 is 2.22 bits per heavy atom. The third-order valence-corrected chi connectivity index (χ3v) is 7.71. The van der Waals surface area contributed by atoms with Gasteiger partial charge in [-0.05, 0) is 49.3 Å². The standard InChI is InChI=1S/C26H25FN4O4S/c1-3-15-11-16(27)5-6-17(15)21-20(25(34)35-4-2)18(29-22(30-21)23-28-9-10-36-23)13-31-14-26(7-8-26)12-19(31)24(32)33/h1,5-6,9-11,19,21H,4,7-8,12-14H2,2H3,(H,29,30)(H,32,33)/t19-,21?/m0/s1. The fourth-order valence-corrected chi connectivity index (χ4v) is 5.62. The highest BCUT2D eigenvalue weighted by atomic mass is 32.1. The Morgan fingerprint density at radius 1 is 1.42 bits per heavy atom. The predicted octanol–water partition coefficient (Wildman–Crippen LogP) is 3.11. The molecule has 2 aromatic rings. The second-order valence-corrected chi connectivity index (χ2v) is 10.2. The molecule has 0 amide bonds. The van der Waals surface area contributed by atoms with Gasteiger partial charge in [-0.2, -0.15) is 0 Å². The molecule has 0 radical (unpaired) electrons. The second kappa shape index (κ2) is 9.48. The van der Waals surface area contributed by atoms with Gasteiger partial charge in [0.05, 0.1) is 12.2 Å². The van der Waals surface area contributed by atoms with Gasteiger partial charge in [0.15, 0.2) is 10.8 Å². The number of aliphatic carboxylic acids is 1. The van der Waals surface area contributed by atoms with Crippen LogP contribution in [0.2, 0.25) is 0 Å². The summed E-state index contributed by atoms with van der Waals surface area (Å²) in [4.78, 5) is 36.4. The SMILES string of the molecule is C#Cc1cc(F)ccc1C1N=C(c2nccs2)NC(CN2CC3(CC3)C[C@H]2C(=O)O)=C1C(=O)OCC. The van der Waals surface area contributed by atoms with Gasteiger partial charge in [-0.1, -0.05) is 12.0 Å². The number of hydrogen-bond acceptors (Lipinski definition) is 8. The Morgan fingerprint density at radius 3 is 2.86 bits per heavy atom. The van der Waals surface area contributed by atoms with Crippen LogP contribution in [0.1, 0.15) is 48.4 Å². The Balaban J connectivity index is 1.63.